The average Bonchev–Trinajstić information content (AvgIpc) is 2.06. The van der Waals surface area contributed by atoms with Crippen LogP contribution in [0.25, 0.3) is 0 Å². The lowest BCUT2D eigenvalue weighted by molar-refractivity contribution is 0.0946. The zero-order valence-corrected chi connectivity index (χ0v) is 8.76. The second kappa shape index (κ2) is 4.93. The molecule has 0 amide bonds. The fourth-order valence-electron chi connectivity index (χ4n) is 1.31. The smallest absolute Gasteiger partial charge is 0.377 e. The Balaban J connectivity index is 2.45. The third kappa shape index (κ3) is 2.53. The molecule has 0 aromatic heterocycles. The van der Waals surface area contributed by atoms with Crippen LogP contribution in [0.4, 0.5) is 0 Å². The van der Waals surface area contributed by atoms with E-state index in [2.05, 4.69) is 5.32 Å². The largest absolute Gasteiger partial charge is 0.500 e. The van der Waals surface area contributed by atoms with E-state index in [-0.39, 0.29) is 0 Å². The van der Waals surface area contributed by atoms with Gasteiger partial charge in [0.25, 0.3) is 0 Å². The molecule has 0 aliphatic carbocycles. The molecule has 5 heteroatoms. The number of hydrogen-bond acceptors (Lipinski definition) is 4. The topological polar surface area (TPSA) is 39.7 Å². The van der Waals surface area contributed by atoms with Crippen LogP contribution in [0.15, 0.2) is 0 Å². The zero-order valence-electron chi connectivity index (χ0n) is 7.76. The van der Waals surface area contributed by atoms with Crippen molar-refractivity contribution in [1.82, 2.24) is 5.32 Å². The van der Waals surface area contributed by atoms with Crippen molar-refractivity contribution in [1.29, 1.82) is 0 Å². The van der Waals surface area contributed by atoms with Crippen molar-refractivity contribution in [3.8, 4) is 0 Å². The quantitative estimate of drug-likeness (QED) is 0.634. The molecule has 4 nitrogen and oxygen atoms in total. The van der Waals surface area contributed by atoms with Crippen LogP contribution in [0.2, 0.25) is 6.04 Å². The first-order valence-corrected chi connectivity index (χ1v) is 6.21. The molecule has 0 atom stereocenters. The van der Waals surface area contributed by atoms with Crippen LogP contribution in [-0.4, -0.2) is 42.7 Å². The summed E-state index contributed by atoms with van der Waals surface area (Å²) in [5.74, 6) is 0. The van der Waals surface area contributed by atoms with Gasteiger partial charge in [-0.15, -0.1) is 0 Å². The molecule has 1 heterocycles. The molecule has 0 saturated carbocycles. The van der Waals surface area contributed by atoms with Crippen LogP contribution in [0, 0.1) is 0 Å². The molecule has 0 bridgehead atoms. The molecule has 0 radical (unpaired) electrons. The number of rotatable bonds is 2. The third-order valence-corrected chi connectivity index (χ3v) is 4.91. The van der Waals surface area contributed by atoms with Crippen LogP contribution in [0.1, 0.15) is 6.42 Å². The molecular weight excluding hydrogens is 174 g/mol. The first-order chi connectivity index (χ1) is 5.83. The van der Waals surface area contributed by atoms with E-state index in [1.54, 1.807) is 14.2 Å². The van der Waals surface area contributed by atoms with Gasteiger partial charge >= 0.3 is 8.80 Å². The molecule has 1 N–H and O–H groups in total. The van der Waals surface area contributed by atoms with Crippen molar-refractivity contribution in [2.45, 2.75) is 12.5 Å². The van der Waals surface area contributed by atoms with Crippen molar-refractivity contribution >= 4 is 8.80 Å². The lowest BCUT2D eigenvalue weighted by Crippen LogP contribution is -2.47. The average molecular weight is 191 g/mol. The van der Waals surface area contributed by atoms with Crippen molar-refractivity contribution in [3.63, 3.8) is 0 Å². The van der Waals surface area contributed by atoms with Crippen molar-refractivity contribution in [2.24, 2.45) is 0 Å². The van der Waals surface area contributed by atoms with Gasteiger partial charge in [-0.1, -0.05) is 0 Å². The fourth-order valence-corrected chi connectivity index (χ4v) is 3.29. The zero-order chi connectivity index (χ0) is 8.86. The van der Waals surface area contributed by atoms with Gasteiger partial charge in [-0.25, -0.2) is 0 Å². The first-order valence-electron chi connectivity index (χ1n) is 4.28. The summed E-state index contributed by atoms with van der Waals surface area (Å²) >= 11 is 0. The van der Waals surface area contributed by atoms with E-state index in [0.717, 1.165) is 25.6 Å². The van der Waals surface area contributed by atoms with Gasteiger partial charge in [-0.05, 0) is 13.0 Å². The Labute approximate surface area is 74.6 Å². The Hall–Kier alpha value is 0.0569. The highest BCUT2D eigenvalue weighted by molar-refractivity contribution is 6.60. The summed E-state index contributed by atoms with van der Waals surface area (Å²) in [6.45, 7) is 2.61. The van der Waals surface area contributed by atoms with Crippen molar-refractivity contribution < 1.29 is 13.3 Å². The molecule has 72 valence electrons. The second-order valence-electron chi connectivity index (χ2n) is 2.79. The normalized spacial score (nSPS) is 24.5. The predicted octanol–water partition coefficient (Wildman–Crippen LogP) is 0.228. The van der Waals surface area contributed by atoms with E-state index in [9.17, 15) is 0 Å². The summed E-state index contributed by atoms with van der Waals surface area (Å²) in [4.78, 5) is 0. The van der Waals surface area contributed by atoms with Gasteiger partial charge in [0.05, 0.1) is 6.61 Å². The SMILES string of the molecule is CO[Si]1(OC)CCCNCCO1. The van der Waals surface area contributed by atoms with Crippen LogP contribution < -0.4 is 5.32 Å². The fraction of sp³-hybridized carbons (Fsp3) is 1.00. The summed E-state index contributed by atoms with van der Waals surface area (Å²) in [5, 5.41) is 3.26. The van der Waals surface area contributed by atoms with Gasteiger partial charge in [0.15, 0.2) is 0 Å². The first kappa shape index (κ1) is 10.1. The summed E-state index contributed by atoms with van der Waals surface area (Å²) in [6, 6.07) is 0.910. The molecule has 1 saturated heterocycles. The van der Waals surface area contributed by atoms with Gasteiger partial charge < -0.3 is 18.6 Å². The minimum Gasteiger partial charge on any atom is -0.377 e. The van der Waals surface area contributed by atoms with Crippen LogP contribution >= 0.6 is 0 Å². The van der Waals surface area contributed by atoms with E-state index >= 15 is 0 Å². The molecule has 12 heavy (non-hydrogen) atoms. The summed E-state index contributed by atoms with van der Waals surface area (Å²) in [7, 11) is 1.09. The highest BCUT2D eigenvalue weighted by Gasteiger charge is 2.38. The third-order valence-electron chi connectivity index (χ3n) is 2.06. The maximum Gasteiger partial charge on any atom is 0.500 e. The maximum atomic E-state index is 5.60. The molecule has 1 aliphatic heterocycles. The highest BCUT2D eigenvalue weighted by Crippen LogP contribution is 2.16. The molecule has 0 aromatic rings. The van der Waals surface area contributed by atoms with Crippen LogP contribution in [0.5, 0.6) is 0 Å². The molecular formula is C7H17NO3Si. The van der Waals surface area contributed by atoms with Gasteiger partial charge in [-0.2, -0.15) is 0 Å². The Morgan fingerprint density at radius 3 is 2.67 bits per heavy atom. The van der Waals surface area contributed by atoms with E-state index in [1.165, 1.54) is 0 Å². The van der Waals surface area contributed by atoms with Gasteiger partial charge in [0.1, 0.15) is 0 Å². The lowest BCUT2D eigenvalue weighted by Gasteiger charge is -2.28. The lowest BCUT2D eigenvalue weighted by atomic mass is 10.5. The maximum absolute atomic E-state index is 5.60. The Morgan fingerprint density at radius 2 is 2.00 bits per heavy atom. The molecule has 0 spiro atoms. The minimum atomic E-state index is -2.25. The Morgan fingerprint density at radius 1 is 1.25 bits per heavy atom. The second-order valence-corrected chi connectivity index (χ2v) is 5.76. The van der Waals surface area contributed by atoms with Crippen LogP contribution in [-0.2, 0) is 13.3 Å². The van der Waals surface area contributed by atoms with Gasteiger partial charge in [-0.3, -0.25) is 0 Å². The van der Waals surface area contributed by atoms with Gasteiger partial charge in [0.2, 0.25) is 0 Å². The minimum absolute atomic E-state index is 0.688. The van der Waals surface area contributed by atoms with E-state index in [4.69, 9.17) is 13.3 Å². The Bertz CT molecular complexity index is 120. The number of hydrogen-bond donors (Lipinski definition) is 1. The van der Waals surface area contributed by atoms with Gasteiger partial charge in [0, 0.05) is 26.8 Å². The van der Waals surface area contributed by atoms with Crippen molar-refractivity contribution in [2.75, 3.05) is 33.9 Å². The molecule has 1 aliphatic rings. The van der Waals surface area contributed by atoms with E-state index < -0.39 is 8.80 Å². The summed E-state index contributed by atoms with van der Waals surface area (Å²) in [5.41, 5.74) is 0. The summed E-state index contributed by atoms with van der Waals surface area (Å²) < 4.78 is 16.3. The standard InChI is InChI=1S/C7H17NO3Si/c1-9-12(10-2)7-3-4-8-5-6-11-12/h8H,3-7H2,1-2H3. The van der Waals surface area contributed by atoms with Crippen LogP contribution in [0.3, 0.4) is 0 Å². The molecule has 1 rings (SSSR count). The van der Waals surface area contributed by atoms with E-state index in [1.807, 2.05) is 0 Å². The van der Waals surface area contributed by atoms with Crippen molar-refractivity contribution in [3.05, 3.63) is 0 Å². The summed E-state index contributed by atoms with van der Waals surface area (Å²) in [6.07, 6.45) is 1.06. The highest BCUT2D eigenvalue weighted by atomic mass is 28.4. The number of nitrogens with one attached hydrogen (secondary N) is 1. The Kier molecular flexibility index (Phi) is 4.17. The van der Waals surface area contributed by atoms with E-state index in [0.29, 0.717) is 6.61 Å². The predicted molar refractivity (Wildman–Crippen MR) is 48.0 cm³/mol. The molecule has 0 aromatic carbocycles. The molecule has 0 unspecified atom stereocenters. The monoisotopic (exact) mass is 191 g/mol. The molecule has 1 fully saturated rings.